The maximum absolute atomic E-state index is 10.3. The van der Waals surface area contributed by atoms with E-state index in [0.717, 1.165) is 38.6 Å². The molecule has 1 aliphatic heterocycles. The minimum atomic E-state index is -0.103. The van der Waals surface area contributed by atoms with Gasteiger partial charge in [-0.25, -0.2) is 0 Å². The SMILES string of the molecule is CC1COCCN1CC1CC(C(C)(C)C)CCC1O. The summed E-state index contributed by atoms with van der Waals surface area (Å²) in [6.07, 6.45) is 3.23. The van der Waals surface area contributed by atoms with Crippen LogP contribution in [0.5, 0.6) is 0 Å². The first-order valence-corrected chi connectivity index (χ1v) is 7.88. The molecular weight excluding hydrogens is 238 g/mol. The molecule has 2 fully saturated rings. The number of ether oxygens (including phenoxy) is 1. The predicted octanol–water partition coefficient (Wildman–Crippen LogP) is 2.53. The summed E-state index contributed by atoms with van der Waals surface area (Å²) in [6, 6.07) is 0.496. The van der Waals surface area contributed by atoms with E-state index >= 15 is 0 Å². The van der Waals surface area contributed by atoms with Crippen LogP contribution in [0.1, 0.15) is 47.0 Å². The fraction of sp³-hybridized carbons (Fsp3) is 1.00. The van der Waals surface area contributed by atoms with Crippen molar-refractivity contribution < 1.29 is 9.84 Å². The van der Waals surface area contributed by atoms with Gasteiger partial charge in [0.1, 0.15) is 0 Å². The second kappa shape index (κ2) is 6.11. The third-order valence-corrected chi connectivity index (χ3v) is 5.14. The normalized spacial score (nSPS) is 38.4. The van der Waals surface area contributed by atoms with Gasteiger partial charge < -0.3 is 9.84 Å². The average Bonchev–Trinajstić information content (AvgIpc) is 2.33. The zero-order valence-corrected chi connectivity index (χ0v) is 13.1. The fourth-order valence-electron chi connectivity index (χ4n) is 3.56. The maximum atomic E-state index is 10.3. The summed E-state index contributed by atoms with van der Waals surface area (Å²) >= 11 is 0. The first-order chi connectivity index (χ1) is 8.88. The zero-order chi connectivity index (χ0) is 14.0. The van der Waals surface area contributed by atoms with Crippen molar-refractivity contribution in [1.29, 1.82) is 0 Å². The lowest BCUT2D eigenvalue weighted by Crippen LogP contribution is -2.49. The van der Waals surface area contributed by atoms with Gasteiger partial charge in [-0.15, -0.1) is 0 Å². The molecule has 0 spiro atoms. The molecule has 1 heterocycles. The molecule has 19 heavy (non-hydrogen) atoms. The molecule has 0 aromatic rings. The second-order valence-corrected chi connectivity index (χ2v) is 7.62. The van der Waals surface area contributed by atoms with Crippen LogP contribution in [-0.2, 0) is 4.74 Å². The Bertz CT molecular complexity index is 287. The topological polar surface area (TPSA) is 32.7 Å². The summed E-state index contributed by atoms with van der Waals surface area (Å²) in [5, 5.41) is 10.3. The van der Waals surface area contributed by atoms with Crippen LogP contribution in [0.2, 0.25) is 0 Å². The Morgan fingerprint density at radius 2 is 2.00 bits per heavy atom. The summed E-state index contributed by atoms with van der Waals surface area (Å²) in [5.41, 5.74) is 0.370. The van der Waals surface area contributed by atoms with Crippen molar-refractivity contribution in [3.63, 3.8) is 0 Å². The molecule has 1 N–H and O–H groups in total. The molecule has 1 aliphatic carbocycles. The number of morpholine rings is 1. The molecule has 4 unspecified atom stereocenters. The highest BCUT2D eigenvalue weighted by atomic mass is 16.5. The maximum Gasteiger partial charge on any atom is 0.0619 e. The third-order valence-electron chi connectivity index (χ3n) is 5.14. The second-order valence-electron chi connectivity index (χ2n) is 7.62. The van der Waals surface area contributed by atoms with Gasteiger partial charge in [-0.2, -0.15) is 0 Å². The molecule has 112 valence electrons. The Labute approximate surface area is 118 Å². The first kappa shape index (κ1) is 15.3. The number of aliphatic hydroxyl groups is 1. The van der Waals surface area contributed by atoms with Gasteiger partial charge in [0.25, 0.3) is 0 Å². The molecule has 1 saturated heterocycles. The van der Waals surface area contributed by atoms with Gasteiger partial charge in [0.15, 0.2) is 0 Å². The molecule has 0 amide bonds. The molecule has 2 aliphatic rings. The Kier molecular flexibility index (Phi) is 4.91. The van der Waals surface area contributed by atoms with Gasteiger partial charge in [0, 0.05) is 19.1 Å². The number of aliphatic hydroxyl groups excluding tert-OH is 1. The Balaban J connectivity index is 1.93. The van der Waals surface area contributed by atoms with E-state index in [2.05, 4.69) is 32.6 Å². The standard InChI is InChI=1S/C16H31NO2/c1-12-11-19-8-7-17(12)10-13-9-14(16(2,3)4)5-6-15(13)18/h12-15,18H,5-11H2,1-4H3. The minimum Gasteiger partial charge on any atom is -0.393 e. The molecule has 0 bridgehead atoms. The first-order valence-electron chi connectivity index (χ1n) is 7.88. The largest absolute Gasteiger partial charge is 0.393 e. The highest BCUT2D eigenvalue weighted by Crippen LogP contribution is 2.40. The summed E-state index contributed by atoms with van der Waals surface area (Å²) in [7, 11) is 0. The summed E-state index contributed by atoms with van der Waals surface area (Å²) in [5.74, 6) is 1.19. The zero-order valence-electron chi connectivity index (χ0n) is 13.1. The monoisotopic (exact) mass is 269 g/mol. The van der Waals surface area contributed by atoms with Crippen LogP contribution in [0.4, 0.5) is 0 Å². The van der Waals surface area contributed by atoms with Crippen molar-refractivity contribution in [2.24, 2.45) is 17.3 Å². The average molecular weight is 269 g/mol. The van der Waals surface area contributed by atoms with Crippen molar-refractivity contribution >= 4 is 0 Å². The van der Waals surface area contributed by atoms with Gasteiger partial charge in [0.2, 0.25) is 0 Å². The lowest BCUT2D eigenvalue weighted by Gasteiger charge is -2.43. The number of hydrogen-bond donors (Lipinski definition) is 1. The van der Waals surface area contributed by atoms with E-state index in [1.54, 1.807) is 0 Å². The van der Waals surface area contributed by atoms with Gasteiger partial charge in [-0.1, -0.05) is 20.8 Å². The van der Waals surface area contributed by atoms with E-state index in [0.29, 0.717) is 17.4 Å². The Morgan fingerprint density at radius 1 is 1.26 bits per heavy atom. The highest BCUT2D eigenvalue weighted by Gasteiger charge is 2.36. The summed E-state index contributed by atoms with van der Waals surface area (Å²) < 4.78 is 5.50. The minimum absolute atomic E-state index is 0.103. The molecular formula is C16H31NO2. The van der Waals surface area contributed by atoms with E-state index in [9.17, 15) is 5.11 Å². The van der Waals surface area contributed by atoms with E-state index in [1.807, 2.05) is 0 Å². The molecule has 2 rings (SSSR count). The van der Waals surface area contributed by atoms with Crippen LogP contribution in [-0.4, -0.2) is 48.5 Å². The van der Waals surface area contributed by atoms with Crippen molar-refractivity contribution in [2.75, 3.05) is 26.3 Å². The third kappa shape index (κ3) is 3.93. The van der Waals surface area contributed by atoms with E-state index < -0.39 is 0 Å². The molecule has 1 saturated carbocycles. The number of rotatable bonds is 2. The lowest BCUT2D eigenvalue weighted by atomic mass is 9.68. The molecule has 3 heteroatoms. The van der Waals surface area contributed by atoms with Crippen LogP contribution < -0.4 is 0 Å². The van der Waals surface area contributed by atoms with Crippen LogP contribution in [0.3, 0.4) is 0 Å². The molecule has 0 aromatic heterocycles. The smallest absolute Gasteiger partial charge is 0.0619 e. The van der Waals surface area contributed by atoms with E-state index in [1.165, 1.54) is 12.8 Å². The predicted molar refractivity (Wildman–Crippen MR) is 78.1 cm³/mol. The Morgan fingerprint density at radius 3 is 2.63 bits per heavy atom. The number of hydrogen-bond acceptors (Lipinski definition) is 3. The highest BCUT2D eigenvalue weighted by molar-refractivity contribution is 4.88. The van der Waals surface area contributed by atoms with Crippen LogP contribution >= 0.6 is 0 Å². The summed E-state index contributed by atoms with van der Waals surface area (Å²) in [4.78, 5) is 2.50. The number of nitrogens with zero attached hydrogens (tertiary/aromatic N) is 1. The van der Waals surface area contributed by atoms with E-state index in [4.69, 9.17) is 4.74 Å². The van der Waals surface area contributed by atoms with Crippen molar-refractivity contribution in [1.82, 2.24) is 4.90 Å². The van der Waals surface area contributed by atoms with Gasteiger partial charge >= 0.3 is 0 Å². The van der Waals surface area contributed by atoms with Crippen molar-refractivity contribution in [2.45, 2.75) is 59.1 Å². The van der Waals surface area contributed by atoms with Gasteiger partial charge in [-0.05, 0) is 43.4 Å². The fourth-order valence-corrected chi connectivity index (χ4v) is 3.56. The Hall–Kier alpha value is -0.120. The molecule has 0 aromatic carbocycles. The van der Waals surface area contributed by atoms with Crippen LogP contribution in [0.15, 0.2) is 0 Å². The van der Waals surface area contributed by atoms with Crippen molar-refractivity contribution in [3.8, 4) is 0 Å². The quantitative estimate of drug-likeness (QED) is 0.836. The molecule has 3 nitrogen and oxygen atoms in total. The summed E-state index contributed by atoms with van der Waals surface area (Å²) in [6.45, 7) is 13.0. The lowest BCUT2D eigenvalue weighted by molar-refractivity contribution is -0.0408. The van der Waals surface area contributed by atoms with Crippen molar-refractivity contribution in [3.05, 3.63) is 0 Å². The molecule has 4 atom stereocenters. The van der Waals surface area contributed by atoms with E-state index in [-0.39, 0.29) is 6.10 Å². The van der Waals surface area contributed by atoms with Gasteiger partial charge in [0.05, 0.1) is 19.3 Å². The molecule has 0 radical (unpaired) electrons. The van der Waals surface area contributed by atoms with Gasteiger partial charge in [-0.3, -0.25) is 4.90 Å². The van der Waals surface area contributed by atoms with Crippen LogP contribution in [0.25, 0.3) is 0 Å². The van der Waals surface area contributed by atoms with Crippen LogP contribution in [0, 0.1) is 17.3 Å².